The van der Waals surface area contributed by atoms with Gasteiger partial charge in [-0.2, -0.15) is 5.10 Å². The van der Waals surface area contributed by atoms with Gasteiger partial charge in [-0.05, 0) is 44.8 Å². The maximum Gasteiger partial charge on any atom is 0.278 e. The summed E-state index contributed by atoms with van der Waals surface area (Å²) in [5, 5.41) is 11.9. The molecule has 4 rings (SSSR count). The van der Waals surface area contributed by atoms with E-state index in [9.17, 15) is 9.59 Å². The first-order valence-electron chi connectivity index (χ1n) is 10.4. The fraction of sp³-hybridized carbons (Fsp3) is 0.650. The fourth-order valence-corrected chi connectivity index (χ4v) is 4.47. The molecular formula is C20H28N6O4. The molecule has 0 radical (unpaired) electrons. The molecule has 30 heavy (non-hydrogen) atoms. The molecule has 2 aromatic rings. The van der Waals surface area contributed by atoms with E-state index in [1.165, 1.54) is 5.56 Å². The lowest BCUT2D eigenvalue weighted by Crippen LogP contribution is -2.41. The highest BCUT2D eigenvalue weighted by atomic mass is 16.6. The summed E-state index contributed by atoms with van der Waals surface area (Å²) in [6, 6.07) is 0.000142. The molecule has 0 unspecified atom stereocenters. The molecule has 2 aliphatic heterocycles. The predicted molar refractivity (Wildman–Crippen MR) is 106 cm³/mol. The molecule has 2 amide bonds. The van der Waals surface area contributed by atoms with E-state index in [1.54, 1.807) is 6.92 Å². The van der Waals surface area contributed by atoms with Crippen LogP contribution in [-0.4, -0.2) is 73.5 Å². The van der Waals surface area contributed by atoms with Crippen LogP contribution in [0.15, 0.2) is 4.63 Å². The van der Waals surface area contributed by atoms with Crippen molar-refractivity contribution in [2.75, 3.05) is 19.7 Å². The van der Waals surface area contributed by atoms with Crippen molar-refractivity contribution in [3.05, 3.63) is 22.6 Å². The van der Waals surface area contributed by atoms with E-state index in [0.717, 1.165) is 17.8 Å². The number of nitrogens with zero attached hydrogens (tertiary/aromatic N) is 6. The summed E-state index contributed by atoms with van der Waals surface area (Å²) in [4.78, 5) is 29.2. The molecular weight excluding hydrogens is 388 g/mol. The molecule has 0 N–H and O–H groups in total. The van der Waals surface area contributed by atoms with Gasteiger partial charge in [-0.3, -0.25) is 14.3 Å². The average molecular weight is 416 g/mol. The van der Waals surface area contributed by atoms with Gasteiger partial charge in [0.25, 0.3) is 5.88 Å². The third kappa shape index (κ3) is 3.66. The Labute approximate surface area is 175 Å². The van der Waals surface area contributed by atoms with Gasteiger partial charge in [0.15, 0.2) is 0 Å². The Morgan fingerprint density at radius 3 is 2.60 bits per heavy atom. The predicted octanol–water partition coefficient (Wildman–Crippen LogP) is 1.17. The molecule has 2 saturated heterocycles. The van der Waals surface area contributed by atoms with E-state index in [2.05, 4.69) is 20.0 Å². The quantitative estimate of drug-likeness (QED) is 0.667. The second kappa shape index (κ2) is 8.08. The molecule has 0 spiro atoms. The van der Waals surface area contributed by atoms with E-state index in [0.29, 0.717) is 50.7 Å². The Bertz CT molecular complexity index is 951. The van der Waals surface area contributed by atoms with Crippen LogP contribution >= 0.6 is 0 Å². The zero-order valence-electron chi connectivity index (χ0n) is 17.9. The summed E-state index contributed by atoms with van der Waals surface area (Å²) < 4.78 is 12.1. The van der Waals surface area contributed by atoms with Crippen LogP contribution in [0, 0.1) is 27.7 Å². The van der Waals surface area contributed by atoms with Crippen LogP contribution in [0.4, 0.5) is 0 Å². The van der Waals surface area contributed by atoms with Crippen LogP contribution < -0.4 is 4.74 Å². The summed E-state index contributed by atoms with van der Waals surface area (Å²) >= 11 is 0. The van der Waals surface area contributed by atoms with Crippen LogP contribution in [0.2, 0.25) is 0 Å². The third-order valence-corrected chi connectivity index (χ3v) is 6.40. The second-order valence-electron chi connectivity index (χ2n) is 8.07. The van der Waals surface area contributed by atoms with E-state index in [4.69, 9.17) is 4.74 Å². The Kier molecular flexibility index (Phi) is 5.48. The van der Waals surface area contributed by atoms with Crippen molar-refractivity contribution in [2.24, 2.45) is 0 Å². The number of aryl methyl sites for hydroxylation is 3. The smallest absolute Gasteiger partial charge is 0.278 e. The summed E-state index contributed by atoms with van der Waals surface area (Å²) in [6.07, 6.45) is 1.56. The highest BCUT2D eigenvalue weighted by Crippen LogP contribution is 2.32. The molecule has 10 nitrogen and oxygen atoms in total. The van der Waals surface area contributed by atoms with Gasteiger partial charge in [0.05, 0.1) is 24.3 Å². The highest BCUT2D eigenvalue weighted by Gasteiger charge is 2.47. The second-order valence-corrected chi connectivity index (χ2v) is 8.07. The average Bonchev–Trinajstić information content (AvgIpc) is 3.44. The SMILES string of the molecule is Cc1nonc1OCCN1C(=O)C[C@H]2[C@@H]1CCN2C(=O)CCn1nc(C)c(C)c1C. The summed E-state index contributed by atoms with van der Waals surface area (Å²) in [5.41, 5.74) is 3.84. The molecule has 10 heteroatoms. The van der Waals surface area contributed by atoms with Crippen molar-refractivity contribution >= 4 is 11.8 Å². The van der Waals surface area contributed by atoms with Crippen molar-refractivity contribution in [1.29, 1.82) is 0 Å². The van der Waals surface area contributed by atoms with Crippen LogP contribution in [0.5, 0.6) is 5.88 Å². The standard InChI is InChI=1S/C20H28N6O4/c1-12-13(2)21-26(15(12)4)8-6-18(27)24-7-5-16-17(24)11-19(28)25(16)9-10-29-20-14(3)22-30-23-20/h16-17H,5-11H2,1-4H3/t16-,17-/m0/s1. The van der Waals surface area contributed by atoms with Crippen molar-refractivity contribution in [3.63, 3.8) is 0 Å². The van der Waals surface area contributed by atoms with Gasteiger partial charge in [0.2, 0.25) is 11.8 Å². The summed E-state index contributed by atoms with van der Waals surface area (Å²) in [6.45, 7) is 9.81. The van der Waals surface area contributed by atoms with E-state index < -0.39 is 0 Å². The molecule has 2 atom stereocenters. The van der Waals surface area contributed by atoms with E-state index in [-0.39, 0.29) is 23.9 Å². The number of rotatable bonds is 7. The van der Waals surface area contributed by atoms with Crippen LogP contribution in [0.3, 0.4) is 0 Å². The first-order valence-corrected chi connectivity index (χ1v) is 10.4. The number of likely N-dealkylation sites (tertiary alicyclic amines) is 2. The van der Waals surface area contributed by atoms with E-state index >= 15 is 0 Å². The van der Waals surface area contributed by atoms with Gasteiger partial charge in [-0.1, -0.05) is 5.16 Å². The van der Waals surface area contributed by atoms with Crippen molar-refractivity contribution in [3.8, 4) is 5.88 Å². The number of hydrogen-bond donors (Lipinski definition) is 0. The minimum Gasteiger partial charge on any atom is -0.472 e. The largest absolute Gasteiger partial charge is 0.472 e. The molecule has 2 aliphatic rings. The maximum atomic E-state index is 12.9. The topological polar surface area (TPSA) is 107 Å². The molecule has 2 fully saturated rings. The lowest BCUT2D eigenvalue weighted by atomic mass is 10.1. The number of fused-ring (bicyclic) bond motifs is 1. The van der Waals surface area contributed by atoms with Crippen molar-refractivity contribution in [2.45, 2.75) is 65.6 Å². The number of carbonyl (C=O) groups is 2. The van der Waals surface area contributed by atoms with E-state index in [1.807, 2.05) is 35.3 Å². The zero-order valence-corrected chi connectivity index (χ0v) is 17.9. The molecule has 162 valence electrons. The molecule has 0 bridgehead atoms. The lowest BCUT2D eigenvalue weighted by molar-refractivity contribution is -0.132. The number of aromatic nitrogens is 4. The van der Waals surface area contributed by atoms with Crippen molar-refractivity contribution < 1.29 is 19.0 Å². The van der Waals surface area contributed by atoms with Gasteiger partial charge in [0, 0.05) is 31.6 Å². The van der Waals surface area contributed by atoms with Crippen molar-refractivity contribution in [1.82, 2.24) is 29.9 Å². The first kappa shape index (κ1) is 20.4. The lowest BCUT2D eigenvalue weighted by Gasteiger charge is -2.25. The van der Waals surface area contributed by atoms with Gasteiger partial charge in [-0.25, -0.2) is 4.63 Å². The minimum absolute atomic E-state index is 0.0531. The number of ether oxygens (including phenoxy) is 1. The number of amides is 2. The van der Waals surface area contributed by atoms with Gasteiger partial charge in [0.1, 0.15) is 12.3 Å². The minimum atomic E-state index is -0.0531. The Balaban J connectivity index is 1.32. The molecule has 4 heterocycles. The third-order valence-electron chi connectivity index (χ3n) is 6.40. The highest BCUT2D eigenvalue weighted by molar-refractivity contribution is 5.83. The first-order chi connectivity index (χ1) is 14.4. The van der Waals surface area contributed by atoms with Gasteiger partial charge < -0.3 is 14.5 Å². The monoisotopic (exact) mass is 416 g/mol. The Morgan fingerprint density at radius 2 is 1.93 bits per heavy atom. The van der Waals surface area contributed by atoms with Gasteiger partial charge in [-0.15, -0.1) is 0 Å². The fourth-order valence-electron chi connectivity index (χ4n) is 4.47. The van der Waals surface area contributed by atoms with Crippen LogP contribution in [-0.2, 0) is 16.1 Å². The van der Waals surface area contributed by atoms with Crippen LogP contribution in [0.25, 0.3) is 0 Å². The van der Waals surface area contributed by atoms with Gasteiger partial charge >= 0.3 is 0 Å². The molecule has 0 saturated carbocycles. The molecule has 0 aromatic carbocycles. The van der Waals surface area contributed by atoms with Crippen LogP contribution in [0.1, 0.15) is 41.9 Å². The Hall–Kier alpha value is -2.91. The summed E-state index contributed by atoms with van der Waals surface area (Å²) in [7, 11) is 0. The number of hydrogen-bond acceptors (Lipinski definition) is 7. The maximum absolute atomic E-state index is 12.9. The molecule has 2 aromatic heterocycles. The molecule has 0 aliphatic carbocycles. The normalized spacial score (nSPS) is 20.9. The number of carbonyl (C=O) groups excluding carboxylic acids is 2. The summed E-state index contributed by atoms with van der Waals surface area (Å²) in [5.74, 6) is 0.499. The Morgan fingerprint density at radius 1 is 1.13 bits per heavy atom. The zero-order chi connectivity index (χ0) is 21.4.